The number of amides is 1. The van der Waals surface area contributed by atoms with Crippen LogP contribution in [0.4, 0.5) is 0 Å². The van der Waals surface area contributed by atoms with Crippen LogP contribution in [-0.2, 0) is 17.9 Å². The number of aryl methyl sites for hydroxylation is 3. The molecular formula is C28H33N3O4. The van der Waals surface area contributed by atoms with Crippen molar-refractivity contribution in [3.63, 3.8) is 0 Å². The van der Waals surface area contributed by atoms with Gasteiger partial charge in [0.05, 0.1) is 18.4 Å². The summed E-state index contributed by atoms with van der Waals surface area (Å²) in [5.41, 5.74) is 5.28. The van der Waals surface area contributed by atoms with Gasteiger partial charge in [-0.3, -0.25) is 9.69 Å². The molecule has 0 unspecified atom stereocenters. The van der Waals surface area contributed by atoms with Crippen molar-refractivity contribution in [3.8, 4) is 11.5 Å². The minimum atomic E-state index is 0.0262. The van der Waals surface area contributed by atoms with Gasteiger partial charge in [-0.15, -0.1) is 0 Å². The van der Waals surface area contributed by atoms with Gasteiger partial charge in [0.1, 0.15) is 12.4 Å². The number of ether oxygens (including phenoxy) is 2. The third-order valence-electron chi connectivity index (χ3n) is 6.50. The topological polar surface area (TPSA) is 68.0 Å². The van der Waals surface area contributed by atoms with Crippen LogP contribution in [0.15, 0.2) is 53.1 Å². The van der Waals surface area contributed by atoms with E-state index in [1.165, 1.54) is 11.1 Å². The maximum Gasteiger partial charge on any atom is 0.246 e. The highest BCUT2D eigenvalue weighted by Crippen LogP contribution is 2.30. The lowest BCUT2D eigenvalue weighted by molar-refractivity contribution is -0.127. The largest absolute Gasteiger partial charge is 0.493 e. The molecule has 0 bridgehead atoms. The Morgan fingerprint density at radius 3 is 2.51 bits per heavy atom. The number of carbonyl (C=O) groups is 1. The van der Waals surface area contributed by atoms with Gasteiger partial charge in [-0.25, -0.2) is 0 Å². The minimum Gasteiger partial charge on any atom is -0.493 e. The molecule has 0 aliphatic carbocycles. The molecule has 0 atom stereocenters. The molecule has 1 aromatic heterocycles. The summed E-state index contributed by atoms with van der Waals surface area (Å²) in [6.07, 6.45) is 3.46. The van der Waals surface area contributed by atoms with Gasteiger partial charge in [0, 0.05) is 38.8 Å². The molecule has 7 heteroatoms. The molecule has 1 saturated heterocycles. The van der Waals surface area contributed by atoms with E-state index in [1.54, 1.807) is 13.2 Å². The summed E-state index contributed by atoms with van der Waals surface area (Å²) in [5.74, 6) is 2.01. The zero-order chi connectivity index (χ0) is 24.8. The number of benzene rings is 2. The van der Waals surface area contributed by atoms with Crippen LogP contribution >= 0.6 is 0 Å². The van der Waals surface area contributed by atoms with Crippen LogP contribution in [0, 0.1) is 20.8 Å². The van der Waals surface area contributed by atoms with E-state index in [-0.39, 0.29) is 5.91 Å². The SMILES string of the molecule is COc1cc(C=CC(=O)N2CCN(Cc3ccccc3C)CC2)ccc1OCc1c(C)noc1C. The molecule has 2 aromatic carbocycles. The van der Waals surface area contributed by atoms with Crippen LogP contribution in [0.5, 0.6) is 11.5 Å². The number of nitrogens with zero attached hydrogens (tertiary/aromatic N) is 3. The van der Waals surface area contributed by atoms with E-state index in [0.717, 1.165) is 55.3 Å². The Morgan fingerprint density at radius 1 is 1.06 bits per heavy atom. The van der Waals surface area contributed by atoms with E-state index in [2.05, 4.69) is 41.2 Å². The summed E-state index contributed by atoms with van der Waals surface area (Å²) in [4.78, 5) is 17.1. The van der Waals surface area contributed by atoms with Crippen molar-refractivity contribution in [3.05, 3.63) is 82.2 Å². The first kappa shape index (κ1) is 24.5. The highest BCUT2D eigenvalue weighted by atomic mass is 16.5. The molecule has 1 fully saturated rings. The Morgan fingerprint density at radius 2 is 1.83 bits per heavy atom. The van der Waals surface area contributed by atoms with Gasteiger partial charge in [0.15, 0.2) is 11.5 Å². The van der Waals surface area contributed by atoms with E-state index in [9.17, 15) is 4.79 Å². The Bertz CT molecular complexity index is 1170. The minimum absolute atomic E-state index is 0.0262. The number of hydrogen-bond donors (Lipinski definition) is 0. The summed E-state index contributed by atoms with van der Waals surface area (Å²) < 4.78 is 16.6. The highest BCUT2D eigenvalue weighted by molar-refractivity contribution is 5.92. The van der Waals surface area contributed by atoms with Crippen LogP contribution in [0.2, 0.25) is 0 Å². The maximum absolute atomic E-state index is 12.8. The standard InChI is InChI=1S/C28H33N3O4/c1-20-7-5-6-8-24(20)18-30-13-15-31(16-14-30)28(32)12-10-23-9-11-26(27(17-23)33-4)34-19-25-21(2)29-35-22(25)3/h5-12,17H,13-16,18-19H2,1-4H3. The van der Waals surface area contributed by atoms with E-state index in [0.29, 0.717) is 18.1 Å². The summed E-state index contributed by atoms with van der Waals surface area (Å²) >= 11 is 0. The number of rotatable bonds is 8. The fourth-order valence-electron chi connectivity index (χ4n) is 4.19. The molecule has 184 valence electrons. The molecule has 0 spiro atoms. The zero-order valence-electron chi connectivity index (χ0n) is 20.9. The lowest BCUT2D eigenvalue weighted by Gasteiger charge is -2.34. The van der Waals surface area contributed by atoms with Gasteiger partial charge in [-0.2, -0.15) is 0 Å². The normalized spacial score (nSPS) is 14.5. The van der Waals surface area contributed by atoms with Crippen LogP contribution in [0.25, 0.3) is 6.08 Å². The smallest absolute Gasteiger partial charge is 0.246 e. The molecule has 1 aliphatic heterocycles. The van der Waals surface area contributed by atoms with Gasteiger partial charge in [-0.1, -0.05) is 35.5 Å². The van der Waals surface area contributed by atoms with E-state index < -0.39 is 0 Å². The average Bonchev–Trinajstić information content (AvgIpc) is 3.20. The Kier molecular flexibility index (Phi) is 7.87. The predicted octanol–water partition coefficient (Wildman–Crippen LogP) is 4.55. The molecule has 0 N–H and O–H groups in total. The van der Waals surface area contributed by atoms with Gasteiger partial charge in [0.2, 0.25) is 5.91 Å². The van der Waals surface area contributed by atoms with Crippen molar-refractivity contribution in [2.24, 2.45) is 0 Å². The first-order valence-corrected chi connectivity index (χ1v) is 11.9. The van der Waals surface area contributed by atoms with Crippen molar-refractivity contribution in [2.75, 3.05) is 33.3 Å². The molecule has 7 nitrogen and oxygen atoms in total. The quantitative estimate of drug-likeness (QED) is 0.446. The van der Waals surface area contributed by atoms with Crippen LogP contribution < -0.4 is 9.47 Å². The predicted molar refractivity (Wildman–Crippen MR) is 135 cm³/mol. The van der Waals surface area contributed by atoms with E-state index in [4.69, 9.17) is 14.0 Å². The van der Waals surface area contributed by atoms with E-state index in [1.807, 2.05) is 43.0 Å². The van der Waals surface area contributed by atoms with Crippen molar-refractivity contribution in [1.29, 1.82) is 0 Å². The van der Waals surface area contributed by atoms with Gasteiger partial charge < -0.3 is 18.9 Å². The molecule has 3 aromatic rings. The molecule has 2 heterocycles. The molecule has 35 heavy (non-hydrogen) atoms. The molecule has 4 rings (SSSR count). The third kappa shape index (κ3) is 6.11. The number of aromatic nitrogens is 1. The van der Waals surface area contributed by atoms with Crippen molar-refractivity contribution in [2.45, 2.75) is 33.9 Å². The Hall–Kier alpha value is -3.58. The second-order valence-corrected chi connectivity index (χ2v) is 8.86. The highest BCUT2D eigenvalue weighted by Gasteiger charge is 2.20. The first-order chi connectivity index (χ1) is 16.9. The second-order valence-electron chi connectivity index (χ2n) is 8.86. The monoisotopic (exact) mass is 475 g/mol. The summed E-state index contributed by atoms with van der Waals surface area (Å²) in [5, 5.41) is 3.96. The summed E-state index contributed by atoms with van der Waals surface area (Å²) in [6, 6.07) is 14.1. The molecular weight excluding hydrogens is 442 g/mol. The molecule has 1 aliphatic rings. The third-order valence-corrected chi connectivity index (χ3v) is 6.50. The number of piperazine rings is 1. The van der Waals surface area contributed by atoms with Crippen molar-refractivity contribution in [1.82, 2.24) is 15.0 Å². The lowest BCUT2D eigenvalue weighted by atomic mass is 10.1. The van der Waals surface area contributed by atoms with Crippen LogP contribution in [0.3, 0.4) is 0 Å². The van der Waals surface area contributed by atoms with Crippen LogP contribution in [0.1, 0.15) is 33.7 Å². The van der Waals surface area contributed by atoms with Gasteiger partial charge >= 0.3 is 0 Å². The zero-order valence-corrected chi connectivity index (χ0v) is 20.9. The van der Waals surface area contributed by atoms with Crippen molar-refractivity contribution < 1.29 is 18.8 Å². The molecule has 0 radical (unpaired) electrons. The van der Waals surface area contributed by atoms with Crippen LogP contribution in [-0.4, -0.2) is 54.2 Å². The summed E-state index contributed by atoms with van der Waals surface area (Å²) in [7, 11) is 1.60. The fourth-order valence-corrected chi connectivity index (χ4v) is 4.19. The average molecular weight is 476 g/mol. The second kappa shape index (κ2) is 11.2. The lowest BCUT2D eigenvalue weighted by Crippen LogP contribution is -2.47. The summed E-state index contributed by atoms with van der Waals surface area (Å²) in [6.45, 7) is 10.4. The molecule has 0 saturated carbocycles. The number of hydrogen-bond acceptors (Lipinski definition) is 6. The Labute approximate surface area is 206 Å². The van der Waals surface area contributed by atoms with Gasteiger partial charge in [0.25, 0.3) is 0 Å². The number of methoxy groups -OCH3 is 1. The maximum atomic E-state index is 12.8. The molecule has 1 amide bonds. The fraction of sp³-hybridized carbons (Fsp3) is 0.357. The number of carbonyl (C=O) groups excluding carboxylic acids is 1. The van der Waals surface area contributed by atoms with Crippen molar-refractivity contribution >= 4 is 12.0 Å². The van der Waals surface area contributed by atoms with Gasteiger partial charge in [-0.05, 0) is 55.7 Å². The Balaban J connectivity index is 1.31. The first-order valence-electron chi connectivity index (χ1n) is 11.9. The van der Waals surface area contributed by atoms with E-state index >= 15 is 0 Å².